The number of nitrogens with zero attached hydrogens (tertiary/aromatic N) is 3. The average Bonchev–Trinajstić information content (AvgIpc) is 3.33. The maximum Gasteiger partial charge on any atom is 0.341 e. The number of allylic oxidation sites excluding steroid dienone is 2. The summed E-state index contributed by atoms with van der Waals surface area (Å²) < 4.78 is 4.90. The van der Waals surface area contributed by atoms with Crippen molar-refractivity contribution in [2.45, 2.75) is 6.42 Å². The maximum atomic E-state index is 12.6. The third-order valence-corrected chi connectivity index (χ3v) is 5.63. The van der Waals surface area contributed by atoms with Crippen LogP contribution < -0.4 is 4.74 Å². The van der Waals surface area contributed by atoms with Crippen LogP contribution in [0.3, 0.4) is 0 Å². The van der Waals surface area contributed by atoms with E-state index >= 15 is 0 Å². The lowest BCUT2D eigenvalue weighted by Gasteiger charge is -2.13. The third-order valence-electron chi connectivity index (χ3n) is 5.35. The standard InChI is InChI=1S/C18H14ClN3O7/c19-11-3-8(4-12(22(27)28)16(11)29-7-13(23)24)6-20-21-17(25)14-9-1-2-10(5-9)15(14)18(21)26/h1-4,6,9-10,14-15H,5,7H2,(H,23,24)/t9-,10-,14-,15+/m0/s1. The van der Waals surface area contributed by atoms with E-state index < -0.39 is 35.0 Å². The summed E-state index contributed by atoms with van der Waals surface area (Å²) >= 11 is 6.00. The zero-order valence-electron chi connectivity index (χ0n) is 14.7. The smallest absolute Gasteiger partial charge is 0.341 e. The molecule has 1 N–H and O–H groups in total. The summed E-state index contributed by atoms with van der Waals surface area (Å²) in [6.45, 7) is -0.802. The molecule has 1 aromatic carbocycles. The number of halogens is 1. The molecule has 1 aromatic rings. The number of carboxylic acids is 1. The van der Waals surface area contributed by atoms with Crippen molar-refractivity contribution in [3.8, 4) is 5.75 Å². The molecule has 1 saturated heterocycles. The lowest BCUT2D eigenvalue weighted by molar-refractivity contribution is -0.385. The maximum absolute atomic E-state index is 12.6. The molecule has 1 saturated carbocycles. The highest BCUT2D eigenvalue weighted by atomic mass is 35.5. The topological polar surface area (TPSA) is 139 Å². The molecule has 150 valence electrons. The highest BCUT2D eigenvalue weighted by molar-refractivity contribution is 6.32. The number of imide groups is 1. The summed E-state index contributed by atoms with van der Waals surface area (Å²) in [5, 5.41) is 24.5. The highest BCUT2D eigenvalue weighted by Gasteiger charge is 2.59. The fourth-order valence-corrected chi connectivity index (χ4v) is 4.49. The monoisotopic (exact) mass is 419 g/mol. The summed E-state index contributed by atoms with van der Waals surface area (Å²) in [6.07, 6.45) is 5.85. The molecule has 0 unspecified atom stereocenters. The van der Waals surface area contributed by atoms with Crippen LogP contribution in [-0.2, 0) is 14.4 Å². The molecule has 3 aliphatic rings. The lowest BCUT2D eigenvalue weighted by atomic mass is 9.85. The number of amides is 2. The van der Waals surface area contributed by atoms with Gasteiger partial charge in [0.1, 0.15) is 0 Å². The number of hydrazone groups is 1. The van der Waals surface area contributed by atoms with Gasteiger partial charge in [-0.15, -0.1) is 0 Å². The van der Waals surface area contributed by atoms with E-state index in [0.29, 0.717) is 0 Å². The summed E-state index contributed by atoms with van der Waals surface area (Å²) in [6, 6.07) is 2.34. The van der Waals surface area contributed by atoms with Crippen molar-refractivity contribution in [3.63, 3.8) is 0 Å². The fraction of sp³-hybridized carbons (Fsp3) is 0.333. The van der Waals surface area contributed by atoms with Crippen molar-refractivity contribution < 1.29 is 29.2 Å². The lowest BCUT2D eigenvalue weighted by Crippen LogP contribution is -2.28. The van der Waals surface area contributed by atoms with Crippen molar-refractivity contribution in [3.05, 3.63) is 45.0 Å². The largest absolute Gasteiger partial charge is 0.479 e. The van der Waals surface area contributed by atoms with Gasteiger partial charge in [0, 0.05) is 11.6 Å². The van der Waals surface area contributed by atoms with Crippen LogP contribution in [0.15, 0.2) is 29.4 Å². The quantitative estimate of drug-likeness (QED) is 0.244. The van der Waals surface area contributed by atoms with Gasteiger partial charge < -0.3 is 9.84 Å². The Balaban J connectivity index is 1.59. The zero-order chi connectivity index (χ0) is 20.9. The van der Waals surface area contributed by atoms with Crippen molar-refractivity contribution in [2.24, 2.45) is 28.8 Å². The van der Waals surface area contributed by atoms with Crippen LogP contribution in [0.5, 0.6) is 5.75 Å². The molecular weight excluding hydrogens is 406 g/mol. The molecule has 2 aliphatic carbocycles. The van der Waals surface area contributed by atoms with E-state index in [1.807, 2.05) is 12.2 Å². The van der Waals surface area contributed by atoms with Crippen LogP contribution in [-0.4, -0.2) is 45.6 Å². The molecule has 2 fully saturated rings. The number of rotatable bonds is 6. The second-order valence-corrected chi connectivity index (χ2v) is 7.43. The van der Waals surface area contributed by atoms with Crippen molar-refractivity contribution in [1.29, 1.82) is 0 Å². The molecule has 4 rings (SSSR count). The second-order valence-electron chi connectivity index (χ2n) is 7.02. The number of carboxylic acid groups (broad SMARTS) is 1. The zero-order valence-corrected chi connectivity index (χ0v) is 15.5. The van der Waals surface area contributed by atoms with Crippen molar-refractivity contribution in [2.75, 3.05) is 6.61 Å². The van der Waals surface area contributed by atoms with Crippen LogP contribution in [0, 0.1) is 33.8 Å². The van der Waals surface area contributed by atoms with Gasteiger partial charge >= 0.3 is 11.7 Å². The highest BCUT2D eigenvalue weighted by Crippen LogP contribution is 2.52. The molecule has 0 radical (unpaired) electrons. The number of hydrogen-bond acceptors (Lipinski definition) is 7. The molecule has 1 aliphatic heterocycles. The van der Waals surface area contributed by atoms with E-state index in [1.165, 1.54) is 6.07 Å². The number of nitro groups is 1. The molecular formula is C18H14ClN3O7. The Labute approximate surface area is 168 Å². The predicted molar refractivity (Wildman–Crippen MR) is 98.4 cm³/mol. The molecule has 0 spiro atoms. The van der Waals surface area contributed by atoms with Gasteiger partial charge in [-0.25, -0.2) is 4.79 Å². The number of fused-ring (bicyclic) bond motifs is 5. The van der Waals surface area contributed by atoms with Crippen LogP contribution in [0.4, 0.5) is 5.69 Å². The van der Waals surface area contributed by atoms with Gasteiger partial charge in [-0.1, -0.05) is 23.8 Å². The summed E-state index contributed by atoms with van der Waals surface area (Å²) in [7, 11) is 0. The van der Waals surface area contributed by atoms with Gasteiger partial charge in [0.2, 0.25) is 5.75 Å². The van der Waals surface area contributed by atoms with Crippen molar-refractivity contribution >= 4 is 41.3 Å². The summed E-state index contributed by atoms with van der Waals surface area (Å²) in [5.74, 6) is -3.18. The first kappa shape index (κ1) is 19.1. The van der Waals surface area contributed by atoms with E-state index in [4.69, 9.17) is 21.4 Å². The Morgan fingerprint density at radius 3 is 2.48 bits per heavy atom. The van der Waals surface area contributed by atoms with Gasteiger partial charge in [0.25, 0.3) is 11.8 Å². The number of ether oxygens (including phenoxy) is 1. The van der Waals surface area contributed by atoms with Crippen LogP contribution in [0.25, 0.3) is 0 Å². The Hall–Kier alpha value is -3.27. The molecule has 0 aromatic heterocycles. The first-order valence-corrected chi connectivity index (χ1v) is 9.08. The van der Waals surface area contributed by atoms with Gasteiger partial charge in [0.05, 0.1) is 28.0 Å². The summed E-state index contributed by atoms with van der Waals surface area (Å²) in [5.41, 5.74) is -0.401. The van der Waals surface area contributed by atoms with Crippen LogP contribution in [0.2, 0.25) is 5.02 Å². The molecule has 2 bridgehead atoms. The first-order chi connectivity index (χ1) is 13.8. The van der Waals surface area contributed by atoms with Crippen molar-refractivity contribution in [1.82, 2.24) is 5.01 Å². The number of carbonyl (C=O) groups excluding carboxylic acids is 2. The first-order valence-electron chi connectivity index (χ1n) is 8.70. The fourth-order valence-electron chi connectivity index (χ4n) is 4.21. The minimum absolute atomic E-state index is 0.0443. The van der Waals surface area contributed by atoms with E-state index in [0.717, 1.165) is 23.7 Å². The molecule has 4 atom stereocenters. The van der Waals surface area contributed by atoms with Crippen LogP contribution >= 0.6 is 11.6 Å². The third kappa shape index (κ3) is 3.15. The minimum Gasteiger partial charge on any atom is -0.479 e. The van der Waals surface area contributed by atoms with Gasteiger partial charge in [-0.05, 0) is 24.3 Å². The van der Waals surface area contributed by atoms with Gasteiger partial charge in [-0.2, -0.15) is 10.1 Å². The molecule has 29 heavy (non-hydrogen) atoms. The normalized spacial score (nSPS) is 27.1. The Morgan fingerprint density at radius 1 is 1.31 bits per heavy atom. The number of aliphatic carboxylic acids is 1. The van der Waals surface area contributed by atoms with E-state index in [1.54, 1.807) is 0 Å². The average molecular weight is 420 g/mol. The van der Waals surface area contributed by atoms with E-state index in [9.17, 15) is 24.5 Å². The van der Waals surface area contributed by atoms with Gasteiger partial charge in [-0.3, -0.25) is 19.7 Å². The Bertz CT molecular complexity index is 975. The number of hydrogen-bond donors (Lipinski definition) is 1. The Kier molecular flexibility index (Phi) is 4.58. The predicted octanol–water partition coefficient (Wildman–Crippen LogP) is 1.85. The Morgan fingerprint density at radius 2 is 1.93 bits per heavy atom. The van der Waals surface area contributed by atoms with Gasteiger partial charge in [0.15, 0.2) is 6.61 Å². The molecule has 2 amide bonds. The van der Waals surface area contributed by atoms with E-state index in [2.05, 4.69) is 5.10 Å². The van der Waals surface area contributed by atoms with E-state index in [-0.39, 0.29) is 40.0 Å². The molecule has 1 heterocycles. The number of carbonyl (C=O) groups is 3. The number of nitro benzene ring substituents is 1. The molecule has 10 nitrogen and oxygen atoms in total. The summed E-state index contributed by atoms with van der Waals surface area (Å²) in [4.78, 5) is 46.4. The second kappa shape index (κ2) is 6.96. The minimum atomic E-state index is -1.32. The molecule has 11 heteroatoms. The SMILES string of the molecule is O=C(O)COc1c(Cl)cc(C=NN2C(=O)[C@@H]3[C@H](C2=O)[C@H]2C=C[C@H]3C2)cc1[N+](=O)[O-]. The number of benzene rings is 1. The van der Waals surface area contributed by atoms with Crippen LogP contribution in [0.1, 0.15) is 12.0 Å².